The van der Waals surface area contributed by atoms with E-state index >= 15 is 0 Å². The Kier molecular flexibility index (Phi) is 1.87. The fourth-order valence-electron chi connectivity index (χ4n) is 1.97. The van der Waals surface area contributed by atoms with Crippen molar-refractivity contribution < 1.29 is 9.47 Å². The lowest BCUT2D eigenvalue weighted by Crippen LogP contribution is -2.23. The van der Waals surface area contributed by atoms with Crippen LogP contribution in [0.4, 0.5) is 0 Å². The zero-order chi connectivity index (χ0) is 7.73. The number of hydrogen-bond donors (Lipinski definition) is 1. The smallest absolute Gasteiger partial charge is 0.0704 e. The standard InChI is InChI=1S/C8H15NO2/c9-4-7-3-8(6-11-7)1-2-10-5-8/h7H,1-6,9H2. The maximum atomic E-state index is 5.53. The summed E-state index contributed by atoms with van der Waals surface area (Å²) in [5.74, 6) is 0. The molecule has 0 bridgehead atoms. The predicted molar refractivity (Wildman–Crippen MR) is 41.3 cm³/mol. The van der Waals surface area contributed by atoms with Gasteiger partial charge in [0.1, 0.15) is 0 Å². The van der Waals surface area contributed by atoms with E-state index in [1.165, 1.54) is 0 Å². The van der Waals surface area contributed by atoms with Crippen molar-refractivity contribution in [1.82, 2.24) is 0 Å². The first-order valence-electron chi connectivity index (χ1n) is 4.24. The second-order valence-electron chi connectivity index (χ2n) is 3.68. The molecule has 0 aliphatic carbocycles. The van der Waals surface area contributed by atoms with Crippen LogP contribution in [0.5, 0.6) is 0 Å². The Morgan fingerprint density at radius 1 is 1.45 bits per heavy atom. The van der Waals surface area contributed by atoms with E-state index in [4.69, 9.17) is 15.2 Å². The average molecular weight is 157 g/mol. The van der Waals surface area contributed by atoms with Gasteiger partial charge in [-0.05, 0) is 12.8 Å². The molecule has 2 rings (SSSR count). The molecule has 0 saturated carbocycles. The molecule has 3 nitrogen and oxygen atoms in total. The van der Waals surface area contributed by atoms with Gasteiger partial charge in [-0.2, -0.15) is 0 Å². The van der Waals surface area contributed by atoms with Crippen LogP contribution in [0.1, 0.15) is 12.8 Å². The molecule has 0 aromatic rings. The lowest BCUT2D eigenvalue weighted by atomic mass is 9.85. The summed E-state index contributed by atoms with van der Waals surface area (Å²) in [6.45, 7) is 3.29. The van der Waals surface area contributed by atoms with Gasteiger partial charge in [0.25, 0.3) is 0 Å². The fraction of sp³-hybridized carbons (Fsp3) is 1.00. The third kappa shape index (κ3) is 1.28. The quantitative estimate of drug-likeness (QED) is 0.589. The van der Waals surface area contributed by atoms with Crippen molar-refractivity contribution in [1.29, 1.82) is 0 Å². The molecule has 2 heterocycles. The molecule has 2 fully saturated rings. The highest BCUT2D eigenvalue weighted by molar-refractivity contribution is 4.90. The third-order valence-electron chi connectivity index (χ3n) is 2.73. The van der Waals surface area contributed by atoms with E-state index in [-0.39, 0.29) is 6.10 Å². The molecule has 2 saturated heterocycles. The van der Waals surface area contributed by atoms with E-state index in [9.17, 15) is 0 Å². The summed E-state index contributed by atoms with van der Waals surface area (Å²) >= 11 is 0. The highest BCUT2D eigenvalue weighted by atomic mass is 16.5. The average Bonchev–Trinajstić information content (AvgIpc) is 2.62. The summed E-state index contributed by atoms with van der Waals surface area (Å²) < 4.78 is 10.9. The van der Waals surface area contributed by atoms with Crippen LogP contribution in [0.15, 0.2) is 0 Å². The van der Waals surface area contributed by atoms with E-state index in [1.807, 2.05) is 0 Å². The van der Waals surface area contributed by atoms with Gasteiger partial charge in [-0.25, -0.2) is 0 Å². The van der Waals surface area contributed by atoms with Gasteiger partial charge in [0.2, 0.25) is 0 Å². The molecule has 2 aliphatic rings. The van der Waals surface area contributed by atoms with Gasteiger partial charge in [-0.15, -0.1) is 0 Å². The second-order valence-corrected chi connectivity index (χ2v) is 3.68. The van der Waals surface area contributed by atoms with Crippen molar-refractivity contribution in [2.75, 3.05) is 26.4 Å². The van der Waals surface area contributed by atoms with E-state index in [0.29, 0.717) is 12.0 Å². The number of hydrogen-bond acceptors (Lipinski definition) is 3. The van der Waals surface area contributed by atoms with E-state index in [2.05, 4.69) is 0 Å². The Bertz CT molecular complexity index is 143. The molecule has 1 spiro atoms. The maximum Gasteiger partial charge on any atom is 0.0704 e. The van der Waals surface area contributed by atoms with Crippen LogP contribution in [0.2, 0.25) is 0 Å². The van der Waals surface area contributed by atoms with Gasteiger partial charge in [-0.3, -0.25) is 0 Å². The molecule has 2 N–H and O–H groups in total. The van der Waals surface area contributed by atoms with E-state index < -0.39 is 0 Å². The minimum Gasteiger partial charge on any atom is -0.381 e. The number of ether oxygens (including phenoxy) is 2. The molecule has 0 aromatic heterocycles. The Morgan fingerprint density at radius 3 is 2.91 bits per heavy atom. The minimum absolute atomic E-state index is 0.289. The van der Waals surface area contributed by atoms with Gasteiger partial charge in [0.15, 0.2) is 0 Å². The monoisotopic (exact) mass is 157 g/mol. The van der Waals surface area contributed by atoms with Gasteiger partial charge < -0.3 is 15.2 Å². The minimum atomic E-state index is 0.289. The summed E-state index contributed by atoms with van der Waals surface area (Å²) in [5.41, 5.74) is 5.86. The molecule has 0 aromatic carbocycles. The van der Waals surface area contributed by atoms with Crippen molar-refractivity contribution in [2.24, 2.45) is 11.1 Å². The van der Waals surface area contributed by atoms with Gasteiger partial charge >= 0.3 is 0 Å². The molecular weight excluding hydrogens is 142 g/mol. The summed E-state index contributed by atoms with van der Waals surface area (Å²) in [7, 11) is 0. The van der Waals surface area contributed by atoms with Crippen molar-refractivity contribution in [3.05, 3.63) is 0 Å². The van der Waals surface area contributed by atoms with Crippen LogP contribution in [-0.2, 0) is 9.47 Å². The van der Waals surface area contributed by atoms with Crippen LogP contribution in [-0.4, -0.2) is 32.5 Å². The molecule has 3 heteroatoms. The highest BCUT2D eigenvalue weighted by Gasteiger charge is 2.42. The zero-order valence-electron chi connectivity index (χ0n) is 6.71. The third-order valence-corrected chi connectivity index (χ3v) is 2.73. The molecule has 0 radical (unpaired) electrons. The summed E-state index contributed by atoms with van der Waals surface area (Å²) in [5, 5.41) is 0. The van der Waals surface area contributed by atoms with Crippen LogP contribution in [0, 0.1) is 5.41 Å². The van der Waals surface area contributed by atoms with Crippen molar-refractivity contribution in [3.8, 4) is 0 Å². The summed E-state index contributed by atoms with van der Waals surface area (Å²) in [6, 6.07) is 0. The Labute approximate surface area is 66.8 Å². The topological polar surface area (TPSA) is 44.5 Å². The molecule has 64 valence electrons. The number of rotatable bonds is 1. The zero-order valence-corrected chi connectivity index (χ0v) is 6.71. The first-order valence-corrected chi connectivity index (χ1v) is 4.24. The van der Waals surface area contributed by atoms with Crippen molar-refractivity contribution in [3.63, 3.8) is 0 Å². The van der Waals surface area contributed by atoms with E-state index in [1.54, 1.807) is 0 Å². The molecule has 2 aliphatic heterocycles. The normalized spacial score (nSPS) is 43.9. The van der Waals surface area contributed by atoms with Crippen LogP contribution in [0.3, 0.4) is 0 Å². The van der Waals surface area contributed by atoms with Crippen LogP contribution < -0.4 is 5.73 Å². The van der Waals surface area contributed by atoms with Crippen molar-refractivity contribution >= 4 is 0 Å². The predicted octanol–water partition coefficient (Wildman–Crippen LogP) is 0.141. The van der Waals surface area contributed by atoms with Crippen LogP contribution >= 0.6 is 0 Å². The Hall–Kier alpha value is -0.120. The molecule has 2 atom stereocenters. The van der Waals surface area contributed by atoms with Gasteiger partial charge in [-0.1, -0.05) is 0 Å². The second kappa shape index (κ2) is 2.73. The van der Waals surface area contributed by atoms with Gasteiger partial charge in [0, 0.05) is 18.6 Å². The van der Waals surface area contributed by atoms with Gasteiger partial charge in [0.05, 0.1) is 19.3 Å². The number of nitrogens with two attached hydrogens (primary N) is 1. The Morgan fingerprint density at radius 2 is 2.36 bits per heavy atom. The molecular formula is C8H15NO2. The van der Waals surface area contributed by atoms with Crippen LogP contribution in [0.25, 0.3) is 0 Å². The lowest BCUT2D eigenvalue weighted by molar-refractivity contribution is 0.0920. The highest BCUT2D eigenvalue weighted by Crippen LogP contribution is 2.39. The van der Waals surface area contributed by atoms with E-state index in [0.717, 1.165) is 32.7 Å². The SMILES string of the molecule is NCC1CC2(CCOC2)CO1. The molecule has 11 heavy (non-hydrogen) atoms. The largest absolute Gasteiger partial charge is 0.381 e. The molecule has 0 amide bonds. The summed E-state index contributed by atoms with van der Waals surface area (Å²) in [4.78, 5) is 0. The maximum absolute atomic E-state index is 5.53. The first-order chi connectivity index (χ1) is 5.35. The summed E-state index contributed by atoms with van der Waals surface area (Å²) in [6.07, 6.45) is 2.55. The Balaban J connectivity index is 1.96. The lowest BCUT2D eigenvalue weighted by Gasteiger charge is -2.17. The fourth-order valence-corrected chi connectivity index (χ4v) is 1.97. The molecule has 2 unspecified atom stereocenters. The first kappa shape index (κ1) is 7.53. The van der Waals surface area contributed by atoms with Crippen molar-refractivity contribution in [2.45, 2.75) is 18.9 Å².